The molecule has 94 valence electrons. The first-order valence-electron chi connectivity index (χ1n) is 6.33. The Balaban J connectivity index is 2.24. The molecule has 0 aliphatic carbocycles. The standard InChI is InChI=1S/C13H21N3O/c1-9-5-4-6-16(11(9)3)13-14-7-12(8-17)10(2)15-13/h7,9,11,17H,4-6,8H2,1-3H3. The van der Waals surface area contributed by atoms with Gasteiger partial charge in [-0.05, 0) is 32.6 Å². The zero-order valence-electron chi connectivity index (χ0n) is 10.8. The van der Waals surface area contributed by atoms with E-state index in [0.29, 0.717) is 12.0 Å². The van der Waals surface area contributed by atoms with Gasteiger partial charge in [0.1, 0.15) is 0 Å². The first-order chi connectivity index (χ1) is 8.13. The van der Waals surface area contributed by atoms with Crippen LogP contribution in [0.5, 0.6) is 0 Å². The summed E-state index contributed by atoms with van der Waals surface area (Å²) >= 11 is 0. The van der Waals surface area contributed by atoms with E-state index in [4.69, 9.17) is 5.11 Å². The molecule has 0 amide bonds. The van der Waals surface area contributed by atoms with Crippen molar-refractivity contribution in [3.8, 4) is 0 Å². The molecule has 0 aromatic carbocycles. The van der Waals surface area contributed by atoms with Gasteiger partial charge < -0.3 is 10.0 Å². The Morgan fingerprint density at radius 3 is 2.88 bits per heavy atom. The van der Waals surface area contributed by atoms with Gasteiger partial charge in [-0.2, -0.15) is 0 Å². The van der Waals surface area contributed by atoms with E-state index < -0.39 is 0 Å². The van der Waals surface area contributed by atoms with Crippen molar-refractivity contribution in [3.63, 3.8) is 0 Å². The molecular weight excluding hydrogens is 214 g/mol. The minimum absolute atomic E-state index is 0.0120. The van der Waals surface area contributed by atoms with Crippen molar-refractivity contribution >= 4 is 5.95 Å². The number of anilines is 1. The molecule has 0 saturated carbocycles. The number of hydrogen-bond acceptors (Lipinski definition) is 4. The van der Waals surface area contributed by atoms with Crippen molar-refractivity contribution in [2.45, 2.75) is 46.3 Å². The first-order valence-corrected chi connectivity index (χ1v) is 6.33. The lowest BCUT2D eigenvalue weighted by Crippen LogP contribution is -2.43. The van der Waals surface area contributed by atoms with Gasteiger partial charge in [-0.3, -0.25) is 0 Å². The van der Waals surface area contributed by atoms with Crippen LogP contribution < -0.4 is 4.90 Å². The summed E-state index contributed by atoms with van der Waals surface area (Å²) in [5, 5.41) is 9.12. The number of rotatable bonds is 2. The van der Waals surface area contributed by atoms with Gasteiger partial charge in [-0.25, -0.2) is 9.97 Å². The molecule has 1 saturated heterocycles. The fourth-order valence-corrected chi connectivity index (χ4v) is 2.39. The molecule has 1 aromatic rings. The lowest BCUT2D eigenvalue weighted by molar-refractivity contribution is 0.280. The highest BCUT2D eigenvalue weighted by Crippen LogP contribution is 2.26. The highest BCUT2D eigenvalue weighted by molar-refractivity contribution is 5.35. The third-order valence-corrected chi connectivity index (χ3v) is 3.87. The van der Waals surface area contributed by atoms with Crippen molar-refractivity contribution in [1.29, 1.82) is 0 Å². The summed E-state index contributed by atoms with van der Waals surface area (Å²) in [6.45, 7) is 7.49. The highest BCUT2D eigenvalue weighted by atomic mass is 16.3. The molecule has 1 aliphatic heterocycles. The average molecular weight is 235 g/mol. The number of aryl methyl sites for hydroxylation is 1. The molecule has 17 heavy (non-hydrogen) atoms. The third kappa shape index (κ3) is 2.41. The minimum atomic E-state index is 0.0120. The van der Waals surface area contributed by atoms with E-state index in [-0.39, 0.29) is 6.61 Å². The third-order valence-electron chi connectivity index (χ3n) is 3.87. The first kappa shape index (κ1) is 12.3. The second-order valence-electron chi connectivity index (χ2n) is 4.99. The fraction of sp³-hybridized carbons (Fsp3) is 0.692. The molecule has 2 atom stereocenters. The van der Waals surface area contributed by atoms with Crippen molar-refractivity contribution in [2.75, 3.05) is 11.4 Å². The molecular formula is C13H21N3O. The number of aromatic nitrogens is 2. The summed E-state index contributed by atoms with van der Waals surface area (Å²) in [5.74, 6) is 1.49. The monoisotopic (exact) mass is 235 g/mol. The number of nitrogens with zero attached hydrogens (tertiary/aromatic N) is 3. The van der Waals surface area contributed by atoms with Gasteiger partial charge in [0.25, 0.3) is 0 Å². The van der Waals surface area contributed by atoms with Crippen LogP contribution in [0.3, 0.4) is 0 Å². The van der Waals surface area contributed by atoms with Gasteiger partial charge in [-0.1, -0.05) is 6.92 Å². The van der Waals surface area contributed by atoms with Crippen LogP contribution in [0.2, 0.25) is 0 Å². The van der Waals surface area contributed by atoms with E-state index in [1.54, 1.807) is 6.20 Å². The predicted octanol–water partition coefficient (Wildman–Crippen LogP) is 1.90. The van der Waals surface area contributed by atoms with Crippen LogP contribution in [-0.4, -0.2) is 27.7 Å². The number of aliphatic hydroxyl groups is 1. The Morgan fingerprint density at radius 1 is 1.47 bits per heavy atom. The van der Waals surface area contributed by atoms with Gasteiger partial charge in [0, 0.05) is 30.0 Å². The fourth-order valence-electron chi connectivity index (χ4n) is 2.39. The highest BCUT2D eigenvalue weighted by Gasteiger charge is 2.26. The molecule has 2 rings (SSSR count). The van der Waals surface area contributed by atoms with E-state index >= 15 is 0 Å². The maximum Gasteiger partial charge on any atom is 0.225 e. The smallest absolute Gasteiger partial charge is 0.225 e. The molecule has 0 spiro atoms. The number of aliphatic hydroxyl groups excluding tert-OH is 1. The van der Waals surface area contributed by atoms with Crippen molar-refractivity contribution in [1.82, 2.24) is 9.97 Å². The molecule has 1 aliphatic rings. The molecule has 0 radical (unpaired) electrons. The normalized spacial score (nSPS) is 25.1. The summed E-state index contributed by atoms with van der Waals surface area (Å²) in [4.78, 5) is 11.2. The second kappa shape index (κ2) is 5.00. The number of hydrogen-bond donors (Lipinski definition) is 1. The molecule has 4 heteroatoms. The molecule has 2 heterocycles. The maximum absolute atomic E-state index is 9.12. The van der Waals surface area contributed by atoms with E-state index in [2.05, 4.69) is 28.7 Å². The van der Waals surface area contributed by atoms with E-state index in [9.17, 15) is 0 Å². The number of piperidine rings is 1. The summed E-state index contributed by atoms with van der Waals surface area (Å²) in [6.07, 6.45) is 4.23. The molecule has 1 N–H and O–H groups in total. The topological polar surface area (TPSA) is 49.2 Å². The van der Waals surface area contributed by atoms with Gasteiger partial charge in [-0.15, -0.1) is 0 Å². The molecule has 1 aromatic heterocycles. The summed E-state index contributed by atoms with van der Waals surface area (Å²) in [7, 11) is 0. The molecule has 1 fully saturated rings. The van der Waals surface area contributed by atoms with Crippen molar-refractivity contribution in [3.05, 3.63) is 17.5 Å². The van der Waals surface area contributed by atoms with Crippen LogP contribution in [-0.2, 0) is 6.61 Å². The summed E-state index contributed by atoms with van der Waals surface area (Å²) in [6, 6.07) is 0.489. The van der Waals surface area contributed by atoms with Gasteiger partial charge >= 0.3 is 0 Å². The Morgan fingerprint density at radius 2 is 2.24 bits per heavy atom. The van der Waals surface area contributed by atoms with Gasteiger partial charge in [0.15, 0.2) is 0 Å². The zero-order valence-corrected chi connectivity index (χ0v) is 10.8. The zero-order chi connectivity index (χ0) is 12.4. The Bertz CT molecular complexity index is 394. The van der Waals surface area contributed by atoms with Crippen LogP contribution in [0, 0.1) is 12.8 Å². The van der Waals surface area contributed by atoms with Crippen LogP contribution in [0.15, 0.2) is 6.20 Å². The lowest BCUT2D eigenvalue weighted by Gasteiger charge is -2.38. The van der Waals surface area contributed by atoms with Gasteiger partial charge in [0.2, 0.25) is 5.95 Å². The van der Waals surface area contributed by atoms with E-state index in [1.165, 1.54) is 12.8 Å². The second-order valence-corrected chi connectivity index (χ2v) is 4.99. The van der Waals surface area contributed by atoms with Crippen LogP contribution in [0.1, 0.15) is 37.9 Å². The van der Waals surface area contributed by atoms with Crippen LogP contribution in [0.4, 0.5) is 5.95 Å². The minimum Gasteiger partial charge on any atom is -0.392 e. The van der Waals surface area contributed by atoms with Crippen molar-refractivity contribution < 1.29 is 5.11 Å². The Labute approximate surface area is 103 Å². The lowest BCUT2D eigenvalue weighted by atomic mass is 9.92. The largest absolute Gasteiger partial charge is 0.392 e. The summed E-state index contributed by atoms with van der Waals surface area (Å²) in [5.41, 5.74) is 1.69. The molecule has 2 unspecified atom stereocenters. The Hall–Kier alpha value is -1.16. The maximum atomic E-state index is 9.12. The van der Waals surface area contributed by atoms with Crippen molar-refractivity contribution in [2.24, 2.45) is 5.92 Å². The van der Waals surface area contributed by atoms with Gasteiger partial charge in [0.05, 0.1) is 6.61 Å². The average Bonchev–Trinajstić information content (AvgIpc) is 2.32. The van der Waals surface area contributed by atoms with Crippen LogP contribution in [0.25, 0.3) is 0 Å². The Kier molecular flexibility index (Phi) is 3.62. The van der Waals surface area contributed by atoms with E-state index in [0.717, 1.165) is 23.8 Å². The summed E-state index contributed by atoms with van der Waals surface area (Å²) < 4.78 is 0. The molecule has 4 nitrogen and oxygen atoms in total. The van der Waals surface area contributed by atoms with Crippen LogP contribution >= 0.6 is 0 Å². The quantitative estimate of drug-likeness (QED) is 0.850. The van der Waals surface area contributed by atoms with E-state index in [1.807, 2.05) is 6.92 Å². The molecule has 0 bridgehead atoms. The predicted molar refractivity (Wildman–Crippen MR) is 67.9 cm³/mol. The SMILES string of the molecule is Cc1nc(N2CCCC(C)C2C)ncc1CO.